The van der Waals surface area contributed by atoms with Crippen LogP contribution in [-0.2, 0) is 9.59 Å². The fourth-order valence-corrected chi connectivity index (χ4v) is 1.95. The number of nitrogens with zero attached hydrogens (tertiary/aromatic N) is 1. The molecule has 0 fully saturated rings. The minimum Gasteiger partial charge on any atom is -0.508 e. The Bertz CT molecular complexity index is 769. The van der Waals surface area contributed by atoms with Crippen molar-refractivity contribution in [3.8, 4) is 5.75 Å². The van der Waals surface area contributed by atoms with Gasteiger partial charge in [-0.25, -0.2) is 5.43 Å². The number of phenols is 1. The van der Waals surface area contributed by atoms with Gasteiger partial charge < -0.3 is 10.4 Å². The van der Waals surface area contributed by atoms with Gasteiger partial charge in [-0.15, -0.1) is 0 Å². The van der Waals surface area contributed by atoms with Gasteiger partial charge >= 0.3 is 11.8 Å². The van der Waals surface area contributed by atoms with Crippen LogP contribution in [0.3, 0.4) is 0 Å². The quantitative estimate of drug-likeness (QED) is 0.460. The van der Waals surface area contributed by atoms with E-state index in [1.165, 1.54) is 18.3 Å². The zero-order valence-electron chi connectivity index (χ0n) is 12.8. The highest BCUT2D eigenvalue weighted by Gasteiger charge is 2.13. The summed E-state index contributed by atoms with van der Waals surface area (Å²) >= 11 is 0. The molecule has 2 aromatic carbocycles. The molecule has 0 radical (unpaired) electrons. The second kappa shape index (κ2) is 7.22. The van der Waals surface area contributed by atoms with Gasteiger partial charge in [0, 0.05) is 5.69 Å². The van der Waals surface area contributed by atoms with E-state index in [4.69, 9.17) is 0 Å². The first kappa shape index (κ1) is 16.2. The van der Waals surface area contributed by atoms with Gasteiger partial charge in [-0.3, -0.25) is 9.59 Å². The Hall–Kier alpha value is -3.15. The molecule has 0 spiro atoms. The summed E-state index contributed by atoms with van der Waals surface area (Å²) in [7, 11) is 0. The number of amides is 2. The SMILES string of the molecule is Cc1ccc(NC(=O)C(=O)NN=Cc2cccc(O)c2)c(C)c1. The molecule has 0 saturated carbocycles. The molecule has 6 heteroatoms. The van der Waals surface area contributed by atoms with Crippen LogP contribution in [0.15, 0.2) is 47.6 Å². The highest BCUT2D eigenvalue weighted by atomic mass is 16.3. The number of hydrazone groups is 1. The molecule has 2 amide bonds. The van der Waals surface area contributed by atoms with E-state index in [2.05, 4.69) is 15.8 Å². The molecule has 3 N–H and O–H groups in total. The average molecular weight is 311 g/mol. The first-order valence-corrected chi connectivity index (χ1v) is 6.96. The van der Waals surface area contributed by atoms with Crippen molar-refractivity contribution < 1.29 is 14.7 Å². The standard InChI is InChI=1S/C17H17N3O3/c1-11-6-7-15(12(2)8-11)19-16(22)17(23)20-18-10-13-4-3-5-14(21)9-13/h3-10,21H,1-2H3,(H,19,22)(H,20,23). The molecule has 118 valence electrons. The molecule has 6 nitrogen and oxygen atoms in total. The number of aryl methyl sites for hydroxylation is 2. The predicted octanol–water partition coefficient (Wildman–Crippen LogP) is 2.10. The molecule has 0 aliphatic carbocycles. The first-order valence-electron chi connectivity index (χ1n) is 6.96. The topological polar surface area (TPSA) is 90.8 Å². The number of carbonyl (C=O) groups excluding carboxylic acids is 2. The fourth-order valence-electron chi connectivity index (χ4n) is 1.95. The number of carbonyl (C=O) groups is 2. The molecule has 0 aliphatic heterocycles. The van der Waals surface area contributed by atoms with E-state index in [1.54, 1.807) is 18.2 Å². The number of hydrogen-bond donors (Lipinski definition) is 3. The van der Waals surface area contributed by atoms with Crippen molar-refractivity contribution in [1.82, 2.24) is 5.43 Å². The zero-order chi connectivity index (χ0) is 16.8. The third-order valence-electron chi connectivity index (χ3n) is 3.09. The first-order chi connectivity index (χ1) is 11.0. The number of hydrogen-bond acceptors (Lipinski definition) is 4. The normalized spacial score (nSPS) is 10.5. The lowest BCUT2D eigenvalue weighted by atomic mass is 10.1. The number of rotatable bonds is 3. The Morgan fingerprint density at radius 1 is 1.09 bits per heavy atom. The van der Waals surface area contributed by atoms with Crippen LogP contribution in [0.5, 0.6) is 5.75 Å². The van der Waals surface area contributed by atoms with Crippen LogP contribution in [0.4, 0.5) is 5.69 Å². The van der Waals surface area contributed by atoms with Gasteiger partial charge in [0.15, 0.2) is 0 Å². The summed E-state index contributed by atoms with van der Waals surface area (Å²) in [6, 6.07) is 11.8. The summed E-state index contributed by atoms with van der Waals surface area (Å²) in [4.78, 5) is 23.5. The molecule has 0 heterocycles. The Kier molecular flexibility index (Phi) is 5.09. The highest BCUT2D eigenvalue weighted by Crippen LogP contribution is 2.15. The molecule has 0 unspecified atom stereocenters. The van der Waals surface area contributed by atoms with Crippen molar-refractivity contribution >= 4 is 23.7 Å². The Morgan fingerprint density at radius 2 is 1.87 bits per heavy atom. The fraction of sp³-hybridized carbons (Fsp3) is 0.118. The third-order valence-corrected chi connectivity index (χ3v) is 3.09. The monoisotopic (exact) mass is 311 g/mol. The molecule has 0 bridgehead atoms. The van der Waals surface area contributed by atoms with Gasteiger partial charge in [0.1, 0.15) is 5.75 Å². The van der Waals surface area contributed by atoms with Crippen LogP contribution in [0.1, 0.15) is 16.7 Å². The van der Waals surface area contributed by atoms with Crippen molar-refractivity contribution in [1.29, 1.82) is 0 Å². The van der Waals surface area contributed by atoms with Crippen molar-refractivity contribution in [2.24, 2.45) is 5.10 Å². The van der Waals surface area contributed by atoms with E-state index in [-0.39, 0.29) is 5.75 Å². The molecular formula is C17H17N3O3. The predicted molar refractivity (Wildman–Crippen MR) is 88.4 cm³/mol. The van der Waals surface area contributed by atoms with Crippen LogP contribution in [0, 0.1) is 13.8 Å². The van der Waals surface area contributed by atoms with E-state index < -0.39 is 11.8 Å². The smallest absolute Gasteiger partial charge is 0.329 e. The number of phenolic OH excluding ortho intramolecular Hbond substituents is 1. The summed E-state index contributed by atoms with van der Waals surface area (Å²) in [5, 5.41) is 15.5. The number of benzene rings is 2. The van der Waals surface area contributed by atoms with Crippen LogP contribution in [0.25, 0.3) is 0 Å². The van der Waals surface area contributed by atoms with E-state index in [0.717, 1.165) is 11.1 Å². The van der Waals surface area contributed by atoms with Crippen LogP contribution in [0.2, 0.25) is 0 Å². The van der Waals surface area contributed by atoms with E-state index in [9.17, 15) is 14.7 Å². The van der Waals surface area contributed by atoms with Crippen LogP contribution < -0.4 is 10.7 Å². The zero-order valence-corrected chi connectivity index (χ0v) is 12.8. The van der Waals surface area contributed by atoms with Gasteiger partial charge in [-0.1, -0.05) is 29.8 Å². The van der Waals surface area contributed by atoms with Gasteiger partial charge in [0.05, 0.1) is 6.21 Å². The molecule has 0 aliphatic rings. The third kappa shape index (κ3) is 4.67. The summed E-state index contributed by atoms with van der Waals surface area (Å²) in [6.07, 6.45) is 1.34. The second-order valence-electron chi connectivity index (χ2n) is 5.07. The van der Waals surface area contributed by atoms with Crippen molar-refractivity contribution in [3.63, 3.8) is 0 Å². The lowest BCUT2D eigenvalue weighted by Crippen LogP contribution is -2.32. The van der Waals surface area contributed by atoms with E-state index in [1.807, 2.05) is 26.0 Å². The Balaban J connectivity index is 1.93. The van der Waals surface area contributed by atoms with Crippen molar-refractivity contribution in [2.75, 3.05) is 5.32 Å². The van der Waals surface area contributed by atoms with Gasteiger partial charge in [0.25, 0.3) is 0 Å². The number of anilines is 1. The maximum Gasteiger partial charge on any atom is 0.329 e. The number of aromatic hydroxyl groups is 1. The lowest BCUT2D eigenvalue weighted by molar-refractivity contribution is -0.136. The summed E-state index contributed by atoms with van der Waals surface area (Å²) in [5.74, 6) is -1.58. The highest BCUT2D eigenvalue weighted by molar-refractivity contribution is 6.39. The summed E-state index contributed by atoms with van der Waals surface area (Å²) in [6.45, 7) is 3.79. The van der Waals surface area contributed by atoms with Crippen molar-refractivity contribution in [3.05, 3.63) is 59.2 Å². The van der Waals surface area contributed by atoms with Crippen molar-refractivity contribution in [2.45, 2.75) is 13.8 Å². The lowest BCUT2D eigenvalue weighted by Gasteiger charge is -2.08. The summed E-state index contributed by atoms with van der Waals surface area (Å²) < 4.78 is 0. The molecule has 23 heavy (non-hydrogen) atoms. The Morgan fingerprint density at radius 3 is 2.57 bits per heavy atom. The minimum absolute atomic E-state index is 0.0906. The maximum atomic E-state index is 11.8. The molecule has 0 atom stereocenters. The molecule has 2 rings (SSSR count). The van der Waals surface area contributed by atoms with E-state index in [0.29, 0.717) is 11.3 Å². The largest absolute Gasteiger partial charge is 0.508 e. The molecule has 2 aromatic rings. The Labute approximate surface area is 133 Å². The van der Waals surface area contributed by atoms with Gasteiger partial charge in [-0.2, -0.15) is 5.10 Å². The average Bonchev–Trinajstić information content (AvgIpc) is 2.50. The van der Waals surface area contributed by atoms with Gasteiger partial charge in [-0.05, 0) is 43.2 Å². The van der Waals surface area contributed by atoms with Crippen LogP contribution >= 0.6 is 0 Å². The van der Waals surface area contributed by atoms with Gasteiger partial charge in [0.2, 0.25) is 0 Å². The second-order valence-corrected chi connectivity index (χ2v) is 5.07. The van der Waals surface area contributed by atoms with Crippen LogP contribution in [-0.4, -0.2) is 23.1 Å². The maximum absolute atomic E-state index is 11.8. The van der Waals surface area contributed by atoms with E-state index >= 15 is 0 Å². The minimum atomic E-state index is -0.874. The number of nitrogens with one attached hydrogen (secondary N) is 2. The molecule has 0 saturated heterocycles. The molecule has 0 aromatic heterocycles. The molecular weight excluding hydrogens is 294 g/mol. The summed E-state index contributed by atoms with van der Waals surface area (Å²) in [5.41, 5.74) is 5.25.